The minimum atomic E-state index is 0. The van der Waals surface area contributed by atoms with Crippen molar-refractivity contribution in [2.75, 3.05) is 0 Å². The fourth-order valence-electron chi connectivity index (χ4n) is 0. The quantitative estimate of drug-likeness (QED) is 0.535. The Morgan fingerprint density at radius 2 is 0.750 bits per heavy atom. The van der Waals surface area contributed by atoms with Gasteiger partial charge in [-0.2, -0.15) is 0 Å². The summed E-state index contributed by atoms with van der Waals surface area (Å²) in [6, 6.07) is 0. The Balaban J connectivity index is 0. The van der Waals surface area contributed by atoms with Crippen molar-refractivity contribution in [2.24, 2.45) is 0 Å². The second kappa shape index (κ2) is 26.8. The van der Waals surface area contributed by atoms with Gasteiger partial charge in [-0.3, -0.25) is 0 Å². The predicted octanol–water partition coefficient (Wildman–Crippen LogP) is -0.621. The van der Waals surface area contributed by atoms with Crippen LogP contribution in [-0.2, 0) is 27.7 Å². The Hall–Kier alpha value is 1.35. The Labute approximate surface area is 54.9 Å². The van der Waals surface area contributed by atoms with Crippen LogP contribution in [-0.4, -0.2) is 27.3 Å². The maximum absolute atomic E-state index is 0. The fraction of sp³-hybridized carbons (Fsp3) is 0. The normalized spacial score (nSPS) is 0. The van der Waals surface area contributed by atoms with Crippen molar-refractivity contribution >= 4 is 27.3 Å². The van der Waals surface area contributed by atoms with Gasteiger partial charge in [0.2, 0.25) is 0 Å². The van der Waals surface area contributed by atoms with Gasteiger partial charge in [-0.25, -0.2) is 0 Å². The number of rotatable bonds is 0. The summed E-state index contributed by atoms with van der Waals surface area (Å²) < 4.78 is 0. The van der Waals surface area contributed by atoms with Crippen LogP contribution >= 0.6 is 0 Å². The van der Waals surface area contributed by atoms with Crippen LogP contribution in [0, 0.1) is 0 Å². The van der Waals surface area contributed by atoms with Crippen molar-refractivity contribution in [2.45, 2.75) is 0 Å². The van der Waals surface area contributed by atoms with E-state index in [-0.39, 0.29) is 55.0 Å². The van der Waals surface area contributed by atoms with Crippen LogP contribution < -0.4 is 0 Å². The third-order valence-electron chi connectivity index (χ3n) is 0. The van der Waals surface area contributed by atoms with E-state index in [9.17, 15) is 0 Å². The molecule has 0 unspecified atom stereocenters. The molecule has 0 aliphatic heterocycles. The fourth-order valence-corrected chi connectivity index (χ4v) is 0. The van der Waals surface area contributed by atoms with Gasteiger partial charge in [0, 0.05) is 0 Å². The molecule has 0 fully saturated rings. The average molecular weight is 298 g/mol. The first-order chi connectivity index (χ1) is 0. The predicted molar refractivity (Wildman–Crippen MR) is 7.13 cm³/mol. The van der Waals surface area contributed by atoms with Crippen molar-refractivity contribution in [3.05, 3.63) is 0 Å². The Kier molecular flexibility index (Phi) is 373. The van der Waals surface area contributed by atoms with E-state index in [1.165, 1.54) is 0 Å². The SMILES string of the molecule is [Co+2].[O-2].[O-2].[Pb+2]. The first-order valence-corrected chi connectivity index (χ1v) is 0. The van der Waals surface area contributed by atoms with Crippen molar-refractivity contribution in [3.8, 4) is 0 Å². The van der Waals surface area contributed by atoms with E-state index in [0.29, 0.717) is 0 Å². The molecule has 0 aliphatic rings. The van der Waals surface area contributed by atoms with Crippen LogP contribution in [0.1, 0.15) is 0 Å². The molecule has 2 nitrogen and oxygen atoms in total. The third-order valence-corrected chi connectivity index (χ3v) is 0. The van der Waals surface area contributed by atoms with Gasteiger partial charge in [0.1, 0.15) is 0 Å². The smallest absolute Gasteiger partial charge is 2.00 e. The summed E-state index contributed by atoms with van der Waals surface area (Å²) in [7, 11) is 0. The molecular formula is CoO2Pb. The molecule has 0 N–H and O–H groups in total. The molecule has 0 aromatic heterocycles. The van der Waals surface area contributed by atoms with Gasteiger partial charge in [0.15, 0.2) is 0 Å². The first kappa shape index (κ1) is 55.6. The van der Waals surface area contributed by atoms with E-state index < -0.39 is 0 Å². The molecule has 0 saturated carbocycles. The van der Waals surface area contributed by atoms with Gasteiger partial charge < -0.3 is 11.0 Å². The molecule has 4 heavy (non-hydrogen) atoms. The summed E-state index contributed by atoms with van der Waals surface area (Å²) in [6.45, 7) is 0. The molecule has 0 amide bonds. The van der Waals surface area contributed by atoms with Crippen LogP contribution in [0.25, 0.3) is 0 Å². The second-order valence-electron chi connectivity index (χ2n) is 0. The molecule has 0 heterocycles. The molecule has 0 spiro atoms. The van der Waals surface area contributed by atoms with Gasteiger partial charge >= 0.3 is 44.1 Å². The van der Waals surface area contributed by atoms with E-state index in [2.05, 4.69) is 0 Å². The van der Waals surface area contributed by atoms with E-state index >= 15 is 0 Å². The summed E-state index contributed by atoms with van der Waals surface area (Å²) in [5.41, 5.74) is 0. The van der Waals surface area contributed by atoms with Crippen LogP contribution in [0.4, 0.5) is 0 Å². The molecule has 0 aromatic rings. The maximum atomic E-state index is 0. The monoisotopic (exact) mass is 299 g/mol. The summed E-state index contributed by atoms with van der Waals surface area (Å²) >= 11 is 0. The van der Waals surface area contributed by atoms with Crippen LogP contribution in [0.5, 0.6) is 0 Å². The largest absolute Gasteiger partial charge is 2.00 e. The molecule has 0 aliphatic carbocycles. The summed E-state index contributed by atoms with van der Waals surface area (Å²) in [5.74, 6) is 0. The van der Waals surface area contributed by atoms with Crippen molar-refractivity contribution in [1.29, 1.82) is 0 Å². The third kappa shape index (κ3) is 10.2. The van der Waals surface area contributed by atoms with Crippen molar-refractivity contribution < 1.29 is 27.7 Å². The molecule has 0 saturated heterocycles. The zero-order valence-electron chi connectivity index (χ0n) is 1.65. The molecule has 25 valence electrons. The van der Waals surface area contributed by atoms with E-state index in [1.54, 1.807) is 0 Å². The van der Waals surface area contributed by atoms with Crippen molar-refractivity contribution in [1.82, 2.24) is 0 Å². The van der Waals surface area contributed by atoms with Gasteiger partial charge in [-0.1, -0.05) is 0 Å². The zero-order valence-corrected chi connectivity index (χ0v) is 6.58. The maximum Gasteiger partial charge on any atom is 2.00 e. The number of hydrogen-bond acceptors (Lipinski definition) is 0. The van der Waals surface area contributed by atoms with E-state index in [1.807, 2.05) is 0 Å². The summed E-state index contributed by atoms with van der Waals surface area (Å²) in [6.07, 6.45) is 0. The van der Waals surface area contributed by atoms with Crippen LogP contribution in [0.2, 0.25) is 0 Å². The zero-order chi connectivity index (χ0) is 0. The average Bonchev–Trinajstić information content (AvgIpc) is 0. The standard InChI is InChI=1S/Co.2O.Pb/q+2;2*-2;+2. The minimum absolute atomic E-state index is 0. The molecule has 0 aromatic carbocycles. The molecule has 0 atom stereocenters. The molecule has 0 bridgehead atoms. The van der Waals surface area contributed by atoms with Crippen LogP contribution in [0.15, 0.2) is 0 Å². The van der Waals surface area contributed by atoms with Gasteiger partial charge in [0.25, 0.3) is 0 Å². The minimum Gasteiger partial charge on any atom is -2.00 e. The van der Waals surface area contributed by atoms with Gasteiger partial charge in [-0.15, -0.1) is 0 Å². The molecule has 4 heteroatoms. The molecule has 0 rings (SSSR count). The van der Waals surface area contributed by atoms with Gasteiger partial charge in [-0.05, 0) is 0 Å². The summed E-state index contributed by atoms with van der Waals surface area (Å²) in [4.78, 5) is 0. The second-order valence-corrected chi connectivity index (χ2v) is 0. The summed E-state index contributed by atoms with van der Waals surface area (Å²) in [5, 5.41) is 0. The first-order valence-electron chi connectivity index (χ1n) is 0. The van der Waals surface area contributed by atoms with E-state index in [4.69, 9.17) is 0 Å². The Morgan fingerprint density at radius 3 is 0.750 bits per heavy atom. The Bertz CT molecular complexity index is 6.00. The molecular weight excluding hydrogens is 298 g/mol. The number of hydrogen-bond donors (Lipinski definition) is 0. The van der Waals surface area contributed by atoms with E-state index in [0.717, 1.165) is 0 Å². The topological polar surface area (TPSA) is 57.0 Å². The van der Waals surface area contributed by atoms with Crippen LogP contribution in [0.3, 0.4) is 0 Å². The molecule has 3 radical (unpaired) electrons. The Morgan fingerprint density at radius 1 is 0.750 bits per heavy atom. The van der Waals surface area contributed by atoms with Crippen molar-refractivity contribution in [3.63, 3.8) is 0 Å². The van der Waals surface area contributed by atoms with Gasteiger partial charge in [0.05, 0.1) is 0 Å².